The summed E-state index contributed by atoms with van der Waals surface area (Å²) < 4.78 is 6.36. The Morgan fingerprint density at radius 2 is 2.21 bits per heavy atom. The van der Waals surface area contributed by atoms with Crippen LogP contribution in [-0.2, 0) is 6.54 Å². The molecule has 1 aromatic carbocycles. The standard InChI is InChI=1S/C11H16BrNO/c1-3-6-13-8-9-7-10(12)4-5-11(9)14-2/h4-5,7,13H,3,6,8H2,1-2H3. The minimum absolute atomic E-state index is 0.858. The Morgan fingerprint density at radius 3 is 2.86 bits per heavy atom. The van der Waals surface area contributed by atoms with Gasteiger partial charge in [0.25, 0.3) is 0 Å². The quantitative estimate of drug-likeness (QED) is 0.820. The summed E-state index contributed by atoms with van der Waals surface area (Å²) in [5.41, 5.74) is 1.19. The highest BCUT2D eigenvalue weighted by molar-refractivity contribution is 9.10. The molecule has 78 valence electrons. The van der Waals surface area contributed by atoms with Gasteiger partial charge in [-0.15, -0.1) is 0 Å². The summed E-state index contributed by atoms with van der Waals surface area (Å²) in [7, 11) is 1.70. The second-order valence-electron chi connectivity index (χ2n) is 3.13. The second kappa shape index (κ2) is 6.04. The van der Waals surface area contributed by atoms with Crippen molar-refractivity contribution in [2.75, 3.05) is 13.7 Å². The predicted molar refractivity (Wildman–Crippen MR) is 62.7 cm³/mol. The lowest BCUT2D eigenvalue weighted by atomic mass is 10.2. The molecule has 14 heavy (non-hydrogen) atoms. The first-order valence-corrected chi connectivity index (χ1v) is 5.60. The third-order valence-electron chi connectivity index (χ3n) is 1.98. The van der Waals surface area contributed by atoms with Crippen molar-refractivity contribution in [1.82, 2.24) is 5.32 Å². The van der Waals surface area contributed by atoms with E-state index in [9.17, 15) is 0 Å². The zero-order chi connectivity index (χ0) is 10.4. The number of rotatable bonds is 5. The number of benzene rings is 1. The van der Waals surface area contributed by atoms with Crippen LogP contribution < -0.4 is 10.1 Å². The first-order chi connectivity index (χ1) is 6.77. The van der Waals surface area contributed by atoms with Crippen LogP contribution in [0.4, 0.5) is 0 Å². The van der Waals surface area contributed by atoms with E-state index in [1.165, 1.54) is 5.56 Å². The highest BCUT2D eigenvalue weighted by atomic mass is 79.9. The van der Waals surface area contributed by atoms with E-state index < -0.39 is 0 Å². The van der Waals surface area contributed by atoms with E-state index in [4.69, 9.17) is 4.74 Å². The Bertz CT molecular complexity index is 289. The highest BCUT2D eigenvalue weighted by Gasteiger charge is 2.02. The van der Waals surface area contributed by atoms with E-state index in [1.807, 2.05) is 12.1 Å². The summed E-state index contributed by atoms with van der Waals surface area (Å²) in [6.45, 7) is 4.05. The Morgan fingerprint density at radius 1 is 1.43 bits per heavy atom. The van der Waals surface area contributed by atoms with E-state index in [-0.39, 0.29) is 0 Å². The fourth-order valence-corrected chi connectivity index (χ4v) is 1.69. The maximum atomic E-state index is 5.27. The monoisotopic (exact) mass is 257 g/mol. The number of ether oxygens (including phenoxy) is 1. The molecule has 3 heteroatoms. The first-order valence-electron chi connectivity index (χ1n) is 4.81. The number of halogens is 1. The first kappa shape index (κ1) is 11.5. The van der Waals surface area contributed by atoms with Crippen LogP contribution in [0.15, 0.2) is 22.7 Å². The zero-order valence-electron chi connectivity index (χ0n) is 8.64. The van der Waals surface area contributed by atoms with E-state index >= 15 is 0 Å². The van der Waals surface area contributed by atoms with Crippen LogP contribution >= 0.6 is 15.9 Å². The van der Waals surface area contributed by atoms with Gasteiger partial charge in [-0.1, -0.05) is 22.9 Å². The Labute approximate surface area is 93.8 Å². The minimum Gasteiger partial charge on any atom is -0.496 e. The van der Waals surface area contributed by atoms with Crippen molar-refractivity contribution in [3.63, 3.8) is 0 Å². The van der Waals surface area contributed by atoms with Crippen LogP contribution in [0.2, 0.25) is 0 Å². The van der Waals surface area contributed by atoms with E-state index in [0.717, 1.165) is 29.7 Å². The fraction of sp³-hybridized carbons (Fsp3) is 0.455. The molecule has 0 radical (unpaired) electrons. The van der Waals surface area contributed by atoms with Gasteiger partial charge < -0.3 is 10.1 Å². The van der Waals surface area contributed by atoms with Gasteiger partial charge in [-0.2, -0.15) is 0 Å². The number of nitrogens with one attached hydrogen (secondary N) is 1. The van der Waals surface area contributed by atoms with Gasteiger partial charge in [0.1, 0.15) is 5.75 Å². The van der Waals surface area contributed by atoms with Crippen molar-refractivity contribution >= 4 is 15.9 Å². The molecule has 0 aliphatic heterocycles. The van der Waals surface area contributed by atoms with Gasteiger partial charge in [-0.3, -0.25) is 0 Å². The molecule has 0 atom stereocenters. The van der Waals surface area contributed by atoms with Crippen LogP contribution in [0.1, 0.15) is 18.9 Å². The van der Waals surface area contributed by atoms with Gasteiger partial charge in [0, 0.05) is 16.6 Å². The summed E-state index contributed by atoms with van der Waals surface area (Å²) in [5, 5.41) is 3.35. The van der Waals surface area contributed by atoms with Gasteiger partial charge in [0.05, 0.1) is 7.11 Å². The van der Waals surface area contributed by atoms with Crippen LogP contribution in [0.3, 0.4) is 0 Å². The van der Waals surface area contributed by atoms with Crippen molar-refractivity contribution in [3.05, 3.63) is 28.2 Å². The number of methoxy groups -OCH3 is 1. The van der Waals surface area contributed by atoms with E-state index in [2.05, 4.69) is 34.2 Å². The van der Waals surface area contributed by atoms with Gasteiger partial charge >= 0.3 is 0 Å². The molecule has 1 aromatic rings. The number of hydrogen-bond acceptors (Lipinski definition) is 2. The summed E-state index contributed by atoms with van der Waals surface area (Å²) in [5.74, 6) is 0.941. The van der Waals surface area contributed by atoms with Crippen molar-refractivity contribution < 1.29 is 4.74 Å². The predicted octanol–water partition coefficient (Wildman–Crippen LogP) is 2.96. The largest absolute Gasteiger partial charge is 0.496 e. The zero-order valence-corrected chi connectivity index (χ0v) is 10.2. The lowest BCUT2D eigenvalue weighted by Crippen LogP contribution is -2.14. The van der Waals surface area contributed by atoms with E-state index in [0.29, 0.717) is 0 Å². The molecule has 0 amide bonds. The molecule has 0 fully saturated rings. The Kier molecular flexibility index (Phi) is 4.98. The third-order valence-corrected chi connectivity index (χ3v) is 2.48. The molecular weight excluding hydrogens is 242 g/mol. The molecule has 0 spiro atoms. The molecule has 0 bridgehead atoms. The second-order valence-corrected chi connectivity index (χ2v) is 4.05. The van der Waals surface area contributed by atoms with Crippen LogP contribution in [0, 0.1) is 0 Å². The molecule has 0 aromatic heterocycles. The SMILES string of the molecule is CCCNCc1cc(Br)ccc1OC. The smallest absolute Gasteiger partial charge is 0.123 e. The molecule has 0 saturated heterocycles. The summed E-state index contributed by atoms with van der Waals surface area (Å²) >= 11 is 3.45. The Hall–Kier alpha value is -0.540. The molecule has 1 rings (SSSR count). The third kappa shape index (κ3) is 3.31. The molecule has 0 aliphatic carbocycles. The minimum atomic E-state index is 0.858. The van der Waals surface area contributed by atoms with Crippen molar-refractivity contribution in [1.29, 1.82) is 0 Å². The summed E-state index contributed by atoms with van der Waals surface area (Å²) in [6.07, 6.45) is 1.15. The van der Waals surface area contributed by atoms with Crippen molar-refractivity contribution in [2.45, 2.75) is 19.9 Å². The summed E-state index contributed by atoms with van der Waals surface area (Å²) in [4.78, 5) is 0. The van der Waals surface area contributed by atoms with Crippen LogP contribution in [-0.4, -0.2) is 13.7 Å². The molecular formula is C11H16BrNO. The summed E-state index contributed by atoms with van der Waals surface area (Å²) in [6, 6.07) is 6.05. The average Bonchev–Trinajstić information content (AvgIpc) is 2.19. The topological polar surface area (TPSA) is 21.3 Å². The average molecular weight is 258 g/mol. The number of hydrogen-bond donors (Lipinski definition) is 1. The molecule has 0 unspecified atom stereocenters. The lowest BCUT2D eigenvalue weighted by Gasteiger charge is -2.09. The maximum absolute atomic E-state index is 5.27. The normalized spacial score (nSPS) is 10.2. The van der Waals surface area contributed by atoms with Gasteiger partial charge in [-0.25, -0.2) is 0 Å². The van der Waals surface area contributed by atoms with Gasteiger partial charge in [0.2, 0.25) is 0 Å². The molecule has 0 saturated carbocycles. The molecule has 0 aliphatic rings. The maximum Gasteiger partial charge on any atom is 0.123 e. The Balaban J connectivity index is 2.67. The lowest BCUT2D eigenvalue weighted by molar-refractivity contribution is 0.407. The van der Waals surface area contributed by atoms with Gasteiger partial charge in [-0.05, 0) is 31.2 Å². The van der Waals surface area contributed by atoms with E-state index in [1.54, 1.807) is 7.11 Å². The van der Waals surface area contributed by atoms with Crippen LogP contribution in [0.25, 0.3) is 0 Å². The van der Waals surface area contributed by atoms with Crippen molar-refractivity contribution in [2.24, 2.45) is 0 Å². The fourth-order valence-electron chi connectivity index (χ4n) is 1.29. The highest BCUT2D eigenvalue weighted by Crippen LogP contribution is 2.22. The molecule has 2 nitrogen and oxygen atoms in total. The molecule has 0 heterocycles. The molecule has 1 N–H and O–H groups in total. The van der Waals surface area contributed by atoms with Gasteiger partial charge in [0.15, 0.2) is 0 Å². The van der Waals surface area contributed by atoms with Crippen LogP contribution in [0.5, 0.6) is 5.75 Å². The van der Waals surface area contributed by atoms with Crippen molar-refractivity contribution in [3.8, 4) is 5.75 Å².